The Kier molecular flexibility index (Phi) is 6.73. The number of fused-ring (bicyclic) bond motifs is 1. The van der Waals surface area contributed by atoms with Crippen molar-refractivity contribution in [3.05, 3.63) is 30.1 Å². The number of imidazole rings is 1. The Morgan fingerprint density at radius 1 is 1.33 bits per heavy atom. The Morgan fingerprint density at radius 3 is 2.61 bits per heavy atom. The van der Waals surface area contributed by atoms with Gasteiger partial charge in [0.15, 0.2) is 5.82 Å². The van der Waals surface area contributed by atoms with E-state index in [1.807, 2.05) is 24.3 Å². The molecule has 0 aliphatic carbocycles. The van der Waals surface area contributed by atoms with Crippen LogP contribution in [0.25, 0.3) is 11.0 Å². The first-order valence-electron chi connectivity index (χ1n) is 5.40. The second kappa shape index (κ2) is 7.24. The van der Waals surface area contributed by atoms with Crippen molar-refractivity contribution in [1.29, 1.82) is 0 Å². The van der Waals surface area contributed by atoms with Gasteiger partial charge in [-0.2, -0.15) is 0 Å². The third-order valence-electron chi connectivity index (χ3n) is 2.28. The van der Waals surface area contributed by atoms with Crippen LogP contribution in [0.5, 0.6) is 0 Å². The zero-order valence-electron chi connectivity index (χ0n) is 10.3. The predicted molar refractivity (Wildman–Crippen MR) is 77.8 cm³/mol. The minimum absolute atomic E-state index is 0. The highest BCUT2D eigenvalue weighted by atomic mass is 35.5. The van der Waals surface area contributed by atoms with Gasteiger partial charge in [0.1, 0.15) is 0 Å². The van der Waals surface area contributed by atoms with E-state index >= 15 is 0 Å². The summed E-state index contributed by atoms with van der Waals surface area (Å²) in [6, 6.07) is 7.60. The van der Waals surface area contributed by atoms with Crippen molar-refractivity contribution < 1.29 is 4.79 Å². The number of amides is 1. The first kappa shape index (κ1) is 16.7. The van der Waals surface area contributed by atoms with E-state index in [0.29, 0.717) is 18.3 Å². The maximum absolute atomic E-state index is 11.7. The van der Waals surface area contributed by atoms with Gasteiger partial charge in [-0.3, -0.25) is 4.79 Å². The Hall–Kier alpha value is -1.26. The molecule has 1 aromatic heterocycles. The Labute approximate surface area is 118 Å². The molecule has 0 aliphatic heterocycles. The fourth-order valence-electron chi connectivity index (χ4n) is 1.44. The van der Waals surface area contributed by atoms with E-state index in [4.69, 9.17) is 0 Å². The number of hydrogen-bond donors (Lipinski definition) is 2. The first-order valence-corrected chi connectivity index (χ1v) is 5.40. The second-order valence-corrected chi connectivity index (χ2v) is 4.21. The van der Waals surface area contributed by atoms with Crippen LogP contribution < -0.4 is 5.32 Å². The summed E-state index contributed by atoms with van der Waals surface area (Å²) in [5, 5.41) is 2.83. The quantitative estimate of drug-likeness (QED) is 0.913. The lowest BCUT2D eigenvalue weighted by Crippen LogP contribution is -2.28. The van der Waals surface area contributed by atoms with E-state index in [9.17, 15) is 4.79 Å². The Balaban J connectivity index is 0.00000144. The van der Waals surface area contributed by atoms with Gasteiger partial charge < -0.3 is 10.3 Å². The van der Waals surface area contributed by atoms with E-state index in [0.717, 1.165) is 11.0 Å². The lowest BCUT2D eigenvalue weighted by atomic mass is 10.2. The molecule has 0 aliphatic rings. The van der Waals surface area contributed by atoms with Crippen LogP contribution >= 0.6 is 24.8 Å². The van der Waals surface area contributed by atoms with E-state index in [1.54, 1.807) is 0 Å². The zero-order valence-corrected chi connectivity index (χ0v) is 11.9. The molecular weight excluding hydrogens is 273 g/mol. The molecule has 1 amide bonds. The average molecular weight is 290 g/mol. The van der Waals surface area contributed by atoms with Gasteiger partial charge in [0.25, 0.3) is 5.91 Å². The number of H-pyrrole nitrogens is 1. The molecule has 0 saturated carbocycles. The van der Waals surface area contributed by atoms with Crippen LogP contribution in [0.15, 0.2) is 24.3 Å². The van der Waals surface area contributed by atoms with Crippen LogP contribution in [0, 0.1) is 5.92 Å². The van der Waals surface area contributed by atoms with E-state index in [2.05, 4.69) is 29.1 Å². The predicted octanol–water partition coefficient (Wildman–Crippen LogP) is 2.79. The van der Waals surface area contributed by atoms with Crippen LogP contribution in [0.2, 0.25) is 0 Å². The van der Waals surface area contributed by atoms with Crippen molar-refractivity contribution in [1.82, 2.24) is 15.3 Å². The molecule has 0 atom stereocenters. The maximum Gasteiger partial charge on any atom is 0.287 e. The number of carbonyl (C=O) groups excluding carboxylic acids is 1. The number of nitrogens with one attached hydrogen (secondary N) is 2. The molecule has 2 rings (SSSR count). The van der Waals surface area contributed by atoms with Gasteiger partial charge >= 0.3 is 0 Å². The smallest absolute Gasteiger partial charge is 0.287 e. The minimum atomic E-state index is -0.148. The third kappa shape index (κ3) is 3.89. The molecule has 2 N–H and O–H groups in total. The van der Waals surface area contributed by atoms with E-state index < -0.39 is 0 Å². The molecule has 1 heterocycles. The number of benzene rings is 1. The number of nitrogens with zero attached hydrogens (tertiary/aromatic N) is 1. The van der Waals surface area contributed by atoms with Crippen LogP contribution in [-0.2, 0) is 0 Å². The molecule has 0 unspecified atom stereocenters. The summed E-state index contributed by atoms with van der Waals surface area (Å²) in [5.74, 6) is 0.667. The van der Waals surface area contributed by atoms with Gasteiger partial charge in [-0.05, 0) is 18.1 Å². The lowest BCUT2D eigenvalue weighted by Gasteiger charge is -2.04. The van der Waals surface area contributed by atoms with Crippen molar-refractivity contribution in [2.45, 2.75) is 13.8 Å². The standard InChI is InChI=1S/C12H15N3O.2ClH/c1-8(2)7-13-12(16)11-14-9-5-3-4-6-10(9)15-11;;/h3-6,8H,7H2,1-2H3,(H,13,16)(H,14,15);2*1H. The summed E-state index contributed by atoms with van der Waals surface area (Å²) in [6.07, 6.45) is 0. The van der Waals surface area contributed by atoms with Gasteiger partial charge in [-0.25, -0.2) is 4.98 Å². The number of hydrogen-bond acceptors (Lipinski definition) is 2. The number of halogens is 2. The molecule has 18 heavy (non-hydrogen) atoms. The number of aromatic amines is 1. The summed E-state index contributed by atoms with van der Waals surface area (Å²) in [6.45, 7) is 4.77. The maximum atomic E-state index is 11.7. The number of rotatable bonds is 3. The number of para-hydroxylation sites is 2. The van der Waals surface area contributed by atoms with Crippen molar-refractivity contribution in [2.24, 2.45) is 5.92 Å². The molecule has 0 saturated heterocycles. The van der Waals surface area contributed by atoms with E-state index in [1.165, 1.54) is 0 Å². The molecule has 0 radical (unpaired) electrons. The normalized spacial score (nSPS) is 9.72. The fraction of sp³-hybridized carbons (Fsp3) is 0.333. The Morgan fingerprint density at radius 2 is 2.00 bits per heavy atom. The van der Waals surface area contributed by atoms with E-state index in [-0.39, 0.29) is 30.7 Å². The second-order valence-electron chi connectivity index (χ2n) is 4.21. The number of aromatic nitrogens is 2. The molecule has 0 fully saturated rings. The summed E-state index contributed by atoms with van der Waals surface area (Å²) in [7, 11) is 0. The largest absolute Gasteiger partial charge is 0.349 e. The molecule has 1 aromatic carbocycles. The third-order valence-corrected chi connectivity index (χ3v) is 2.28. The topological polar surface area (TPSA) is 57.8 Å². The van der Waals surface area contributed by atoms with Gasteiger partial charge in [-0.15, -0.1) is 24.8 Å². The highest BCUT2D eigenvalue weighted by Crippen LogP contribution is 2.09. The zero-order chi connectivity index (χ0) is 11.5. The summed E-state index contributed by atoms with van der Waals surface area (Å²) < 4.78 is 0. The molecule has 100 valence electrons. The molecular formula is C12H17Cl2N3O. The molecule has 0 bridgehead atoms. The summed E-state index contributed by atoms with van der Waals surface area (Å²) in [4.78, 5) is 18.9. The molecule has 0 spiro atoms. The number of carbonyl (C=O) groups is 1. The summed E-state index contributed by atoms with van der Waals surface area (Å²) in [5.41, 5.74) is 1.70. The SMILES string of the molecule is CC(C)CNC(=O)c1nc2ccccc2[nH]1.Cl.Cl. The van der Waals surface area contributed by atoms with Crippen LogP contribution in [-0.4, -0.2) is 22.4 Å². The van der Waals surface area contributed by atoms with Crippen molar-refractivity contribution >= 4 is 41.8 Å². The van der Waals surface area contributed by atoms with Crippen LogP contribution in [0.4, 0.5) is 0 Å². The first-order chi connectivity index (χ1) is 7.66. The van der Waals surface area contributed by atoms with Gasteiger partial charge in [0, 0.05) is 6.54 Å². The molecule has 2 aromatic rings. The van der Waals surface area contributed by atoms with Crippen LogP contribution in [0.1, 0.15) is 24.5 Å². The highest BCUT2D eigenvalue weighted by Gasteiger charge is 2.10. The van der Waals surface area contributed by atoms with Crippen molar-refractivity contribution in [2.75, 3.05) is 6.54 Å². The average Bonchev–Trinajstić information content (AvgIpc) is 2.69. The van der Waals surface area contributed by atoms with Gasteiger partial charge in [-0.1, -0.05) is 26.0 Å². The van der Waals surface area contributed by atoms with Gasteiger partial charge in [0.2, 0.25) is 0 Å². The minimum Gasteiger partial charge on any atom is -0.349 e. The summed E-state index contributed by atoms with van der Waals surface area (Å²) >= 11 is 0. The van der Waals surface area contributed by atoms with Gasteiger partial charge in [0.05, 0.1) is 11.0 Å². The van der Waals surface area contributed by atoms with Crippen molar-refractivity contribution in [3.63, 3.8) is 0 Å². The Bertz CT molecular complexity index is 478. The van der Waals surface area contributed by atoms with Crippen molar-refractivity contribution in [3.8, 4) is 0 Å². The fourth-order valence-corrected chi connectivity index (χ4v) is 1.44. The molecule has 6 heteroatoms. The monoisotopic (exact) mass is 289 g/mol. The lowest BCUT2D eigenvalue weighted by molar-refractivity contribution is 0.0940. The molecule has 4 nitrogen and oxygen atoms in total. The van der Waals surface area contributed by atoms with Crippen LogP contribution in [0.3, 0.4) is 0 Å². The highest BCUT2D eigenvalue weighted by molar-refractivity contribution is 5.94.